The van der Waals surface area contributed by atoms with Gasteiger partial charge >= 0.3 is 11.9 Å². The molecule has 1 fully saturated rings. The molecule has 1 heterocycles. The second kappa shape index (κ2) is 2.94. The number of esters is 1. The first-order valence-electron chi connectivity index (χ1n) is 3.16. The summed E-state index contributed by atoms with van der Waals surface area (Å²) in [4.78, 5) is 12.7. The van der Waals surface area contributed by atoms with E-state index in [4.69, 9.17) is 5.53 Å². The predicted molar refractivity (Wildman–Crippen MR) is 33.5 cm³/mol. The first kappa shape index (κ1) is 8.73. The average Bonchev–Trinajstić information content (AvgIpc) is 2.22. The van der Waals surface area contributed by atoms with Gasteiger partial charge in [-0.3, -0.25) is 0 Å². The lowest BCUT2D eigenvalue weighted by Crippen LogP contribution is -2.21. The lowest BCUT2D eigenvalue weighted by molar-refractivity contribution is -0.158. The number of alkyl halides is 2. The summed E-state index contributed by atoms with van der Waals surface area (Å²) >= 11 is 0. The maximum atomic E-state index is 12.4. The lowest BCUT2D eigenvalue weighted by Gasteiger charge is -2.01. The highest BCUT2D eigenvalue weighted by atomic mass is 19.3. The Morgan fingerprint density at radius 1 is 1.83 bits per heavy atom. The van der Waals surface area contributed by atoms with Gasteiger partial charge in [-0.1, -0.05) is 5.11 Å². The number of nitrogens with zero attached hydrogens (tertiary/aromatic N) is 3. The summed E-state index contributed by atoms with van der Waals surface area (Å²) in [7, 11) is 0. The third-order valence-electron chi connectivity index (χ3n) is 1.40. The Balaban J connectivity index is 2.55. The van der Waals surface area contributed by atoms with Crippen molar-refractivity contribution in [1.29, 1.82) is 0 Å². The molecule has 0 aromatic rings. The Labute approximate surface area is 65.9 Å². The highest BCUT2D eigenvalue weighted by Crippen LogP contribution is 2.30. The van der Waals surface area contributed by atoms with Crippen LogP contribution in [-0.2, 0) is 9.53 Å². The van der Waals surface area contributed by atoms with Crippen LogP contribution in [0.25, 0.3) is 10.4 Å². The number of cyclic esters (lactones) is 1. The van der Waals surface area contributed by atoms with Crippen molar-refractivity contribution in [2.75, 3.05) is 6.54 Å². The molecule has 1 unspecified atom stereocenters. The van der Waals surface area contributed by atoms with Crippen molar-refractivity contribution in [1.82, 2.24) is 0 Å². The van der Waals surface area contributed by atoms with Gasteiger partial charge in [-0.05, 0) is 5.53 Å². The number of carbonyl (C=O) groups excluding carboxylic acids is 1. The van der Waals surface area contributed by atoms with Crippen molar-refractivity contribution in [3.63, 3.8) is 0 Å². The fourth-order valence-electron chi connectivity index (χ4n) is 0.878. The molecule has 0 spiro atoms. The molecule has 0 aliphatic carbocycles. The van der Waals surface area contributed by atoms with Gasteiger partial charge in [-0.2, -0.15) is 8.78 Å². The highest BCUT2D eigenvalue weighted by Gasteiger charge is 2.50. The van der Waals surface area contributed by atoms with E-state index >= 15 is 0 Å². The number of halogens is 2. The Hall–Kier alpha value is -1.36. The van der Waals surface area contributed by atoms with E-state index in [1.54, 1.807) is 0 Å². The molecule has 0 amide bonds. The van der Waals surface area contributed by atoms with E-state index < -0.39 is 24.4 Å². The van der Waals surface area contributed by atoms with Crippen molar-refractivity contribution in [2.45, 2.75) is 18.4 Å². The third-order valence-corrected chi connectivity index (χ3v) is 1.40. The minimum atomic E-state index is -3.42. The smallest absolute Gasteiger partial charge is 0.377 e. The largest absolute Gasteiger partial charge is 0.458 e. The van der Waals surface area contributed by atoms with Crippen molar-refractivity contribution < 1.29 is 18.3 Å². The molecule has 0 aromatic heterocycles. The number of carbonyl (C=O) groups is 1. The number of hydrogen-bond donors (Lipinski definition) is 0. The monoisotopic (exact) mass is 177 g/mol. The van der Waals surface area contributed by atoms with Gasteiger partial charge in [0.15, 0.2) is 0 Å². The van der Waals surface area contributed by atoms with E-state index in [1.165, 1.54) is 0 Å². The molecular weight excluding hydrogens is 172 g/mol. The van der Waals surface area contributed by atoms with Crippen LogP contribution in [0.15, 0.2) is 5.11 Å². The lowest BCUT2D eigenvalue weighted by atomic mass is 10.2. The molecular formula is C5H5F2N3O2. The minimum Gasteiger partial charge on any atom is -0.458 e. The fraction of sp³-hybridized carbons (Fsp3) is 0.800. The van der Waals surface area contributed by atoms with Crippen LogP contribution in [0.4, 0.5) is 8.78 Å². The molecule has 66 valence electrons. The van der Waals surface area contributed by atoms with Crippen molar-refractivity contribution >= 4 is 5.97 Å². The first-order chi connectivity index (χ1) is 5.56. The van der Waals surface area contributed by atoms with Crippen LogP contribution >= 0.6 is 0 Å². The van der Waals surface area contributed by atoms with Crippen molar-refractivity contribution in [3.8, 4) is 0 Å². The summed E-state index contributed by atoms with van der Waals surface area (Å²) in [6.45, 7) is -0.238. The summed E-state index contributed by atoms with van der Waals surface area (Å²) < 4.78 is 29.0. The van der Waals surface area contributed by atoms with Gasteiger partial charge in [0.2, 0.25) is 0 Å². The summed E-state index contributed by atoms with van der Waals surface area (Å²) in [6.07, 6.45) is -1.69. The van der Waals surface area contributed by atoms with Crippen molar-refractivity contribution in [2.24, 2.45) is 5.11 Å². The highest BCUT2D eigenvalue weighted by molar-refractivity contribution is 5.79. The van der Waals surface area contributed by atoms with Gasteiger partial charge in [-0.25, -0.2) is 4.79 Å². The van der Waals surface area contributed by atoms with E-state index in [-0.39, 0.29) is 6.54 Å². The minimum absolute atomic E-state index is 0.238. The van der Waals surface area contributed by atoms with Crippen molar-refractivity contribution in [3.05, 3.63) is 10.4 Å². The maximum absolute atomic E-state index is 12.4. The molecule has 0 bridgehead atoms. The molecule has 1 saturated heterocycles. The zero-order valence-electron chi connectivity index (χ0n) is 5.91. The Kier molecular flexibility index (Phi) is 2.14. The van der Waals surface area contributed by atoms with Gasteiger partial charge < -0.3 is 4.74 Å². The van der Waals surface area contributed by atoms with Crippen LogP contribution in [-0.4, -0.2) is 24.5 Å². The van der Waals surface area contributed by atoms with Gasteiger partial charge in [0.05, 0.1) is 13.0 Å². The van der Waals surface area contributed by atoms with Gasteiger partial charge in [-0.15, -0.1) is 0 Å². The molecule has 1 atom stereocenters. The maximum Gasteiger partial charge on any atom is 0.377 e. The van der Waals surface area contributed by atoms with E-state index in [0.29, 0.717) is 0 Å². The molecule has 1 aliphatic heterocycles. The fourth-order valence-corrected chi connectivity index (χ4v) is 0.878. The zero-order chi connectivity index (χ0) is 9.19. The van der Waals surface area contributed by atoms with E-state index in [0.717, 1.165) is 0 Å². The van der Waals surface area contributed by atoms with Crippen LogP contribution in [0.3, 0.4) is 0 Å². The molecule has 0 radical (unpaired) electrons. The van der Waals surface area contributed by atoms with Crippen LogP contribution in [0.2, 0.25) is 0 Å². The van der Waals surface area contributed by atoms with E-state index in [9.17, 15) is 13.6 Å². The molecule has 0 saturated carbocycles. The van der Waals surface area contributed by atoms with Crippen LogP contribution in [0.5, 0.6) is 0 Å². The van der Waals surface area contributed by atoms with Gasteiger partial charge in [0, 0.05) is 4.91 Å². The number of hydrogen-bond acceptors (Lipinski definition) is 3. The number of azide groups is 1. The summed E-state index contributed by atoms with van der Waals surface area (Å²) in [5.74, 6) is -4.96. The summed E-state index contributed by atoms with van der Waals surface area (Å²) in [5.41, 5.74) is 7.85. The predicted octanol–water partition coefficient (Wildman–Crippen LogP) is 1.25. The molecule has 7 heteroatoms. The summed E-state index contributed by atoms with van der Waals surface area (Å²) in [6, 6.07) is 0. The molecule has 5 nitrogen and oxygen atoms in total. The Bertz CT molecular complexity index is 249. The average molecular weight is 177 g/mol. The summed E-state index contributed by atoms with van der Waals surface area (Å²) in [5, 5.41) is 3.02. The molecule has 1 rings (SSSR count). The third kappa shape index (κ3) is 1.62. The van der Waals surface area contributed by atoms with Gasteiger partial charge in [0.25, 0.3) is 0 Å². The second-order valence-corrected chi connectivity index (χ2v) is 2.35. The normalized spacial score (nSPS) is 26.2. The SMILES string of the molecule is [N-]=[N+]=NCC1CC(F)(F)C(=O)O1. The zero-order valence-corrected chi connectivity index (χ0v) is 5.91. The number of rotatable bonds is 2. The molecule has 0 aromatic carbocycles. The van der Waals surface area contributed by atoms with Crippen LogP contribution in [0, 0.1) is 0 Å². The Morgan fingerprint density at radius 3 is 2.92 bits per heavy atom. The van der Waals surface area contributed by atoms with E-state index in [2.05, 4.69) is 14.8 Å². The standard InChI is InChI=1S/C5H5F2N3O2/c6-5(7)1-3(2-9-10-8)12-4(5)11/h3H,1-2H2. The Morgan fingerprint density at radius 2 is 2.50 bits per heavy atom. The van der Waals surface area contributed by atoms with E-state index in [1.807, 2.05) is 0 Å². The topological polar surface area (TPSA) is 75.1 Å². The quantitative estimate of drug-likeness (QED) is 0.275. The number of ether oxygens (including phenoxy) is 1. The van der Waals surface area contributed by atoms with Crippen LogP contribution < -0.4 is 0 Å². The second-order valence-electron chi connectivity index (χ2n) is 2.35. The van der Waals surface area contributed by atoms with Gasteiger partial charge in [0.1, 0.15) is 6.10 Å². The molecule has 0 N–H and O–H groups in total. The molecule has 1 aliphatic rings. The first-order valence-corrected chi connectivity index (χ1v) is 3.16. The van der Waals surface area contributed by atoms with Crippen LogP contribution in [0.1, 0.15) is 6.42 Å². The molecule has 12 heavy (non-hydrogen) atoms.